The van der Waals surface area contributed by atoms with E-state index in [4.69, 9.17) is 15.0 Å². The maximum Gasteiger partial charge on any atom is 0.238 e. The standard InChI is InChI=1S/C42H31N5/c1-3-28-20-24-36-35(26-28)33-22-21-32-34-25-27(2)19-23-37(34)47(39(32)38(33)46(36)31-17-11-6-12-18-31)42-44-40(29-13-7-4-8-14-29)43-41(45-42)30-15-9-5-10-16-30/h4-26H,3H2,1-2H3. The number of aryl methyl sites for hydroxylation is 2. The van der Waals surface area contributed by atoms with Crippen LogP contribution in [0.25, 0.3) is 78.0 Å². The summed E-state index contributed by atoms with van der Waals surface area (Å²) in [5, 5.41) is 4.77. The zero-order valence-electron chi connectivity index (χ0n) is 26.2. The highest BCUT2D eigenvalue weighted by Gasteiger charge is 2.23. The average Bonchev–Trinajstić information content (AvgIpc) is 3.64. The largest absolute Gasteiger partial charge is 0.307 e. The first kappa shape index (κ1) is 27.3. The maximum absolute atomic E-state index is 5.22. The van der Waals surface area contributed by atoms with Gasteiger partial charge in [0, 0.05) is 38.4 Å². The fourth-order valence-electron chi connectivity index (χ4n) is 6.93. The minimum atomic E-state index is 0.591. The summed E-state index contributed by atoms with van der Waals surface area (Å²) in [7, 11) is 0. The van der Waals surface area contributed by atoms with Gasteiger partial charge in [-0.25, -0.2) is 4.98 Å². The molecule has 0 amide bonds. The molecule has 0 unspecified atom stereocenters. The molecule has 6 aromatic carbocycles. The molecule has 0 aliphatic carbocycles. The van der Waals surface area contributed by atoms with E-state index in [-0.39, 0.29) is 0 Å². The van der Waals surface area contributed by atoms with Crippen LogP contribution in [0.1, 0.15) is 18.1 Å². The molecule has 9 rings (SSSR count). The Balaban J connectivity index is 1.48. The molecule has 3 heterocycles. The molecule has 0 radical (unpaired) electrons. The molecule has 3 aromatic heterocycles. The number of fused-ring (bicyclic) bond motifs is 7. The molecule has 0 saturated carbocycles. The van der Waals surface area contributed by atoms with Crippen molar-refractivity contribution in [3.05, 3.63) is 151 Å². The van der Waals surface area contributed by atoms with Gasteiger partial charge in [-0.05, 0) is 55.3 Å². The van der Waals surface area contributed by atoms with Crippen molar-refractivity contribution in [2.45, 2.75) is 20.3 Å². The second-order valence-electron chi connectivity index (χ2n) is 12.1. The summed E-state index contributed by atoms with van der Waals surface area (Å²) in [5.41, 5.74) is 9.97. The van der Waals surface area contributed by atoms with Gasteiger partial charge >= 0.3 is 0 Å². The van der Waals surface area contributed by atoms with Gasteiger partial charge in [-0.3, -0.25) is 4.57 Å². The molecule has 0 spiro atoms. The molecule has 0 aliphatic rings. The van der Waals surface area contributed by atoms with E-state index in [0.717, 1.165) is 45.2 Å². The summed E-state index contributed by atoms with van der Waals surface area (Å²) in [6.07, 6.45) is 0.977. The molecule has 0 bridgehead atoms. The van der Waals surface area contributed by atoms with Crippen LogP contribution in [0.4, 0.5) is 0 Å². The van der Waals surface area contributed by atoms with Gasteiger partial charge in [-0.15, -0.1) is 0 Å². The number of para-hydroxylation sites is 1. The highest BCUT2D eigenvalue weighted by atomic mass is 15.2. The summed E-state index contributed by atoms with van der Waals surface area (Å²) < 4.78 is 4.66. The molecule has 0 N–H and O–H groups in total. The first-order chi connectivity index (χ1) is 23.2. The van der Waals surface area contributed by atoms with Crippen LogP contribution < -0.4 is 0 Å². The molecular formula is C42H31N5. The number of hydrogen-bond donors (Lipinski definition) is 0. The Labute approximate surface area is 272 Å². The smallest absolute Gasteiger partial charge is 0.238 e. The Hall–Kier alpha value is -6.07. The maximum atomic E-state index is 5.22. The van der Waals surface area contributed by atoms with Gasteiger partial charge in [0.2, 0.25) is 5.95 Å². The van der Waals surface area contributed by atoms with Crippen molar-refractivity contribution >= 4 is 43.6 Å². The van der Waals surface area contributed by atoms with Crippen molar-refractivity contribution in [3.8, 4) is 34.4 Å². The van der Waals surface area contributed by atoms with Gasteiger partial charge in [0.25, 0.3) is 0 Å². The van der Waals surface area contributed by atoms with Crippen LogP contribution in [0.2, 0.25) is 0 Å². The van der Waals surface area contributed by atoms with E-state index in [1.165, 1.54) is 32.8 Å². The lowest BCUT2D eigenvalue weighted by Gasteiger charge is -2.13. The fourth-order valence-corrected chi connectivity index (χ4v) is 6.93. The van der Waals surface area contributed by atoms with E-state index >= 15 is 0 Å². The highest BCUT2D eigenvalue weighted by molar-refractivity contribution is 6.23. The molecule has 0 fully saturated rings. The lowest BCUT2D eigenvalue weighted by molar-refractivity contribution is 0.953. The van der Waals surface area contributed by atoms with Crippen molar-refractivity contribution in [2.75, 3.05) is 0 Å². The van der Waals surface area contributed by atoms with Gasteiger partial charge in [0.15, 0.2) is 11.6 Å². The Morgan fingerprint density at radius 1 is 0.489 bits per heavy atom. The third-order valence-corrected chi connectivity index (χ3v) is 9.18. The molecule has 0 aliphatic heterocycles. The summed E-state index contributed by atoms with van der Waals surface area (Å²) in [6.45, 7) is 4.36. The van der Waals surface area contributed by atoms with Crippen LogP contribution in [0.15, 0.2) is 140 Å². The zero-order valence-corrected chi connectivity index (χ0v) is 26.2. The van der Waals surface area contributed by atoms with Gasteiger partial charge in [0.1, 0.15) is 0 Å². The molecule has 47 heavy (non-hydrogen) atoms. The van der Waals surface area contributed by atoms with Crippen molar-refractivity contribution < 1.29 is 0 Å². The number of hydrogen-bond acceptors (Lipinski definition) is 3. The zero-order chi connectivity index (χ0) is 31.5. The molecular weight excluding hydrogens is 574 g/mol. The van der Waals surface area contributed by atoms with E-state index in [1.54, 1.807) is 0 Å². The SMILES string of the molecule is CCc1ccc2c(c1)c1ccc3c4cc(C)ccc4n(-c4nc(-c5ccccc5)nc(-c5ccccc5)n4)c3c1n2-c1ccccc1. The summed E-state index contributed by atoms with van der Waals surface area (Å²) >= 11 is 0. The number of aromatic nitrogens is 5. The lowest BCUT2D eigenvalue weighted by Crippen LogP contribution is -2.07. The second-order valence-corrected chi connectivity index (χ2v) is 12.1. The summed E-state index contributed by atoms with van der Waals surface area (Å²) in [5.74, 6) is 1.87. The Bertz CT molecular complexity index is 2540. The van der Waals surface area contributed by atoms with E-state index < -0.39 is 0 Å². The number of rotatable bonds is 5. The van der Waals surface area contributed by atoms with Crippen molar-refractivity contribution in [1.82, 2.24) is 24.1 Å². The first-order valence-corrected chi connectivity index (χ1v) is 16.1. The molecule has 5 heteroatoms. The predicted octanol–water partition coefficient (Wildman–Crippen LogP) is 10.3. The summed E-state index contributed by atoms with van der Waals surface area (Å²) in [6, 6.07) is 49.1. The van der Waals surface area contributed by atoms with Gasteiger partial charge in [0.05, 0.1) is 22.1 Å². The molecule has 0 saturated heterocycles. The van der Waals surface area contributed by atoms with E-state index in [0.29, 0.717) is 17.6 Å². The van der Waals surface area contributed by atoms with E-state index in [1.807, 2.05) is 36.4 Å². The quantitative estimate of drug-likeness (QED) is 0.196. The molecule has 5 nitrogen and oxygen atoms in total. The monoisotopic (exact) mass is 605 g/mol. The molecule has 224 valence electrons. The first-order valence-electron chi connectivity index (χ1n) is 16.1. The minimum Gasteiger partial charge on any atom is -0.307 e. The van der Waals surface area contributed by atoms with Crippen LogP contribution in [0, 0.1) is 6.92 Å². The number of benzene rings is 6. The van der Waals surface area contributed by atoms with Crippen LogP contribution >= 0.6 is 0 Å². The van der Waals surface area contributed by atoms with Crippen molar-refractivity contribution in [2.24, 2.45) is 0 Å². The third-order valence-electron chi connectivity index (χ3n) is 9.18. The minimum absolute atomic E-state index is 0.591. The van der Waals surface area contributed by atoms with Crippen LogP contribution in [-0.2, 0) is 6.42 Å². The average molecular weight is 606 g/mol. The number of nitrogens with zero attached hydrogens (tertiary/aromatic N) is 5. The lowest BCUT2D eigenvalue weighted by atomic mass is 10.1. The Morgan fingerprint density at radius 2 is 1.02 bits per heavy atom. The van der Waals surface area contributed by atoms with E-state index in [2.05, 4.69) is 126 Å². The molecule has 0 atom stereocenters. The second kappa shape index (κ2) is 10.8. The molecule has 9 aromatic rings. The van der Waals surface area contributed by atoms with Crippen LogP contribution in [0.3, 0.4) is 0 Å². The fraction of sp³-hybridized carbons (Fsp3) is 0.0714. The highest BCUT2D eigenvalue weighted by Crippen LogP contribution is 2.42. The van der Waals surface area contributed by atoms with E-state index in [9.17, 15) is 0 Å². The Kier molecular flexibility index (Phi) is 6.25. The predicted molar refractivity (Wildman–Crippen MR) is 193 cm³/mol. The van der Waals surface area contributed by atoms with Crippen molar-refractivity contribution in [3.63, 3.8) is 0 Å². The Morgan fingerprint density at radius 3 is 1.64 bits per heavy atom. The van der Waals surface area contributed by atoms with Gasteiger partial charge in [-0.2, -0.15) is 9.97 Å². The van der Waals surface area contributed by atoms with Crippen LogP contribution in [-0.4, -0.2) is 24.1 Å². The van der Waals surface area contributed by atoms with Gasteiger partial charge < -0.3 is 4.57 Å². The topological polar surface area (TPSA) is 48.5 Å². The third kappa shape index (κ3) is 4.35. The van der Waals surface area contributed by atoms with Gasteiger partial charge in [-0.1, -0.05) is 116 Å². The normalized spacial score (nSPS) is 11.7. The van der Waals surface area contributed by atoms with Crippen LogP contribution in [0.5, 0.6) is 0 Å². The summed E-state index contributed by atoms with van der Waals surface area (Å²) in [4.78, 5) is 15.4. The van der Waals surface area contributed by atoms with Crippen molar-refractivity contribution in [1.29, 1.82) is 0 Å².